The summed E-state index contributed by atoms with van der Waals surface area (Å²) in [6.07, 6.45) is 5.13. The van der Waals surface area contributed by atoms with Gasteiger partial charge in [-0.25, -0.2) is 9.97 Å². The van der Waals surface area contributed by atoms with Gasteiger partial charge in [-0.15, -0.1) is 0 Å². The van der Waals surface area contributed by atoms with Crippen molar-refractivity contribution in [2.24, 2.45) is 5.84 Å². The average molecular weight is 226 g/mol. The van der Waals surface area contributed by atoms with Crippen LogP contribution in [0, 0.1) is 0 Å². The van der Waals surface area contributed by atoms with Gasteiger partial charge in [0.05, 0.1) is 18.8 Å². The Bertz CT molecular complexity index is 291. The number of ether oxygens (including phenoxy) is 1. The molecule has 1 aliphatic heterocycles. The second-order valence-electron chi connectivity index (χ2n) is 3.30. The van der Waals surface area contributed by atoms with Gasteiger partial charge < -0.3 is 4.74 Å². The molecular weight excluding hydrogens is 212 g/mol. The summed E-state index contributed by atoms with van der Waals surface area (Å²) < 4.78 is 5.67. The van der Waals surface area contributed by atoms with Crippen molar-refractivity contribution in [3.8, 4) is 0 Å². The molecule has 0 amide bonds. The number of hydrogen-bond acceptors (Lipinski definition) is 6. The van der Waals surface area contributed by atoms with E-state index in [0.717, 1.165) is 23.7 Å². The van der Waals surface area contributed by atoms with Crippen molar-refractivity contribution in [2.75, 3.05) is 18.1 Å². The third kappa shape index (κ3) is 2.66. The van der Waals surface area contributed by atoms with Gasteiger partial charge in [-0.2, -0.15) is 11.8 Å². The van der Waals surface area contributed by atoms with Crippen LogP contribution in [-0.2, 0) is 4.74 Å². The lowest BCUT2D eigenvalue weighted by atomic mass is 10.1. The molecule has 1 aliphatic rings. The molecule has 3 N–H and O–H groups in total. The summed E-state index contributed by atoms with van der Waals surface area (Å²) in [5.41, 5.74) is 3.74. The summed E-state index contributed by atoms with van der Waals surface area (Å²) in [5.74, 6) is 7.54. The van der Waals surface area contributed by atoms with Crippen LogP contribution in [0.2, 0.25) is 0 Å². The highest BCUT2D eigenvalue weighted by Crippen LogP contribution is 2.23. The van der Waals surface area contributed by atoms with Gasteiger partial charge in [0, 0.05) is 29.5 Å². The molecular formula is C9H14N4OS. The summed E-state index contributed by atoms with van der Waals surface area (Å²) in [6.45, 7) is 0.779. The van der Waals surface area contributed by atoms with E-state index >= 15 is 0 Å². The SMILES string of the molecule is NNC(c1cncnc1)C1CSCCO1. The molecule has 0 aromatic carbocycles. The summed E-state index contributed by atoms with van der Waals surface area (Å²) >= 11 is 1.88. The number of aromatic nitrogens is 2. The minimum Gasteiger partial charge on any atom is -0.374 e. The van der Waals surface area contributed by atoms with Crippen LogP contribution in [0.1, 0.15) is 11.6 Å². The van der Waals surface area contributed by atoms with E-state index in [9.17, 15) is 0 Å². The fourth-order valence-electron chi connectivity index (χ4n) is 1.59. The molecule has 2 atom stereocenters. The summed E-state index contributed by atoms with van der Waals surface area (Å²) in [5, 5.41) is 0. The highest BCUT2D eigenvalue weighted by molar-refractivity contribution is 7.99. The van der Waals surface area contributed by atoms with Crippen LogP contribution in [-0.4, -0.2) is 34.2 Å². The Kier molecular flexibility index (Phi) is 3.90. The first-order valence-electron chi connectivity index (χ1n) is 4.82. The first kappa shape index (κ1) is 10.8. The maximum atomic E-state index is 5.67. The molecule has 5 nitrogen and oxygen atoms in total. The van der Waals surface area contributed by atoms with Crippen LogP contribution in [0.4, 0.5) is 0 Å². The summed E-state index contributed by atoms with van der Waals surface area (Å²) in [4.78, 5) is 7.96. The number of hydrazine groups is 1. The van der Waals surface area contributed by atoms with E-state index in [1.807, 2.05) is 11.8 Å². The largest absolute Gasteiger partial charge is 0.374 e. The Morgan fingerprint density at radius 1 is 1.53 bits per heavy atom. The van der Waals surface area contributed by atoms with Crippen LogP contribution >= 0.6 is 11.8 Å². The molecule has 0 spiro atoms. The molecule has 2 rings (SSSR count). The quantitative estimate of drug-likeness (QED) is 0.563. The highest BCUT2D eigenvalue weighted by atomic mass is 32.2. The molecule has 2 heterocycles. The van der Waals surface area contributed by atoms with Gasteiger partial charge in [-0.3, -0.25) is 11.3 Å². The van der Waals surface area contributed by atoms with Crippen LogP contribution in [0.25, 0.3) is 0 Å². The lowest BCUT2D eigenvalue weighted by Gasteiger charge is -2.29. The molecule has 82 valence electrons. The third-order valence-corrected chi connectivity index (χ3v) is 3.35. The second kappa shape index (κ2) is 5.41. The zero-order valence-corrected chi connectivity index (χ0v) is 9.11. The molecule has 6 heteroatoms. The van der Waals surface area contributed by atoms with E-state index in [0.29, 0.717) is 0 Å². The van der Waals surface area contributed by atoms with Crippen LogP contribution in [0.15, 0.2) is 18.7 Å². The third-order valence-electron chi connectivity index (χ3n) is 2.33. The lowest BCUT2D eigenvalue weighted by Crippen LogP contribution is -2.41. The zero-order valence-electron chi connectivity index (χ0n) is 8.30. The molecule has 1 aromatic rings. The topological polar surface area (TPSA) is 73.1 Å². The lowest BCUT2D eigenvalue weighted by molar-refractivity contribution is 0.0466. The molecule has 1 aromatic heterocycles. The van der Waals surface area contributed by atoms with Crippen LogP contribution in [0.3, 0.4) is 0 Å². The minimum absolute atomic E-state index is 0.0287. The van der Waals surface area contributed by atoms with Crippen LogP contribution in [0.5, 0.6) is 0 Å². The van der Waals surface area contributed by atoms with Gasteiger partial charge in [-0.05, 0) is 0 Å². The first-order valence-corrected chi connectivity index (χ1v) is 5.97. The maximum absolute atomic E-state index is 5.67. The fourth-order valence-corrected chi connectivity index (χ4v) is 2.49. The number of nitrogens with two attached hydrogens (primary N) is 1. The van der Waals surface area contributed by atoms with Crippen molar-refractivity contribution in [3.63, 3.8) is 0 Å². The van der Waals surface area contributed by atoms with Gasteiger partial charge in [0.1, 0.15) is 6.33 Å². The highest BCUT2D eigenvalue weighted by Gasteiger charge is 2.25. The number of nitrogens with zero attached hydrogens (tertiary/aromatic N) is 2. The fraction of sp³-hybridized carbons (Fsp3) is 0.556. The van der Waals surface area contributed by atoms with Gasteiger partial charge >= 0.3 is 0 Å². The van der Waals surface area contributed by atoms with Crippen molar-refractivity contribution < 1.29 is 4.74 Å². The maximum Gasteiger partial charge on any atom is 0.115 e. The van der Waals surface area contributed by atoms with E-state index in [-0.39, 0.29) is 12.1 Å². The van der Waals surface area contributed by atoms with E-state index < -0.39 is 0 Å². The first-order chi connectivity index (χ1) is 7.42. The Labute approximate surface area is 92.8 Å². The average Bonchev–Trinajstić information content (AvgIpc) is 2.33. The van der Waals surface area contributed by atoms with Gasteiger partial charge in [-0.1, -0.05) is 0 Å². The molecule has 15 heavy (non-hydrogen) atoms. The Balaban J connectivity index is 2.09. The number of nitrogens with one attached hydrogen (secondary N) is 1. The van der Waals surface area contributed by atoms with E-state index in [2.05, 4.69) is 15.4 Å². The predicted molar refractivity (Wildman–Crippen MR) is 59.2 cm³/mol. The Morgan fingerprint density at radius 2 is 2.33 bits per heavy atom. The van der Waals surface area contributed by atoms with Gasteiger partial charge in [0.2, 0.25) is 0 Å². The summed E-state index contributed by atoms with van der Waals surface area (Å²) in [6, 6.07) is -0.0287. The monoisotopic (exact) mass is 226 g/mol. The van der Waals surface area contributed by atoms with Crippen molar-refractivity contribution in [1.82, 2.24) is 15.4 Å². The van der Waals surface area contributed by atoms with Crippen molar-refractivity contribution in [2.45, 2.75) is 12.1 Å². The normalized spacial score (nSPS) is 23.7. The van der Waals surface area contributed by atoms with Gasteiger partial charge in [0.25, 0.3) is 0 Å². The number of hydrogen-bond donors (Lipinski definition) is 2. The molecule has 0 saturated carbocycles. The number of rotatable bonds is 3. The molecule has 1 saturated heterocycles. The molecule has 0 radical (unpaired) electrons. The molecule has 1 fully saturated rings. The summed E-state index contributed by atoms with van der Waals surface area (Å²) in [7, 11) is 0. The molecule has 0 bridgehead atoms. The standard InChI is InChI=1S/C9H14N4OS/c10-13-9(7-3-11-6-12-4-7)8-5-15-2-1-14-8/h3-4,6,8-9,13H,1-2,5,10H2. The smallest absolute Gasteiger partial charge is 0.115 e. The molecule has 2 unspecified atom stereocenters. The van der Waals surface area contributed by atoms with Crippen molar-refractivity contribution >= 4 is 11.8 Å². The van der Waals surface area contributed by atoms with E-state index in [4.69, 9.17) is 10.6 Å². The van der Waals surface area contributed by atoms with Crippen molar-refractivity contribution in [3.05, 3.63) is 24.3 Å². The predicted octanol–water partition coefficient (Wildman–Crippen LogP) is 0.113. The Morgan fingerprint density at radius 3 is 2.93 bits per heavy atom. The minimum atomic E-state index is -0.0287. The Hall–Kier alpha value is -0.690. The van der Waals surface area contributed by atoms with E-state index in [1.165, 1.54) is 6.33 Å². The van der Waals surface area contributed by atoms with E-state index in [1.54, 1.807) is 12.4 Å². The molecule has 0 aliphatic carbocycles. The second-order valence-corrected chi connectivity index (χ2v) is 4.45. The van der Waals surface area contributed by atoms with Gasteiger partial charge in [0.15, 0.2) is 0 Å². The number of thioether (sulfide) groups is 1. The van der Waals surface area contributed by atoms with Crippen LogP contribution < -0.4 is 11.3 Å². The zero-order chi connectivity index (χ0) is 10.5. The van der Waals surface area contributed by atoms with Crippen molar-refractivity contribution in [1.29, 1.82) is 0 Å².